The van der Waals surface area contributed by atoms with Crippen LogP contribution in [0.15, 0.2) is 101 Å². The van der Waals surface area contributed by atoms with E-state index in [-0.39, 0.29) is 12.0 Å². The van der Waals surface area contributed by atoms with Crippen LogP contribution in [0.25, 0.3) is 22.1 Å². The summed E-state index contributed by atoms with van der Waals surface area (Å²) in [6.07, 6.45) is 10.5. The molecule has 4 atom stereocenters. The summed E-state index contributed by atoms with van der Waals surface area (Å²) in [5.41, 5.74) is 9.29. The van der Waals surface area contributed by atoms with Crippen LogP contribution >= 0.6 is 0 Å². The molecule has 3 heterocycles. The fourth-order valence-corrected chi connectivity index (χ4v) is 6.04. The lowest BCUT2D eigenvalue weighted by atomic mass is 9.80. The fraction of sp³-hybridized carbons (Fsp3) is 0.306. The maximum atomic E-state index is 6.31. The number of furan rings is 1. The van der Waals surface area contributed by atoms with E-state index in [4.69, 9.17) is 14.4 Å². The number of allylic oxidation sites excluding steroid dienone is 2. The first-order chi connectivity index (χ1) is 19.4. The van der Waals surface area contributed by atoms with E-state index in [2.05, 4.69) is 88.0 Å². The maximum absolute atomic E-state index is 6.31. The molecular weight excluding hydrogens is 490 g/mol. The number of aliphatic imine (C=N–C) groups is 2. The van der Waals surface area contributed by atoms with Crippen LogP contribution < -0.4 is 0 Å². The van der Waals surface area contributed by atoms with Crippen molar-refractivity contribution in [3.05, 3.63) is 114 Å². The first kappa shape index (κ1) is 27.5. The Bertz CT molecular complexity index is 1650. The highest BCUT2D eigenvalue weighted by molar-refractivity contribution is 6.14. The summed E-state index contributed by atoms with van der Waals surface area (Å²) in [4.78, 5) is 14.3. The zero-order valence-corrected chi connectivity index (χ0v) is 24.2. The molecule has 2 aromatic heterocycles. The Morgan fingerprint density at radius 1 is 1.10 bits per heavy atom. The highest BCUT2D eigenvalue weighted by Crippen LogP contribution is 2.38. The molecule has 0 radical (unpaired) electrons. The largest absolute Gasteiger partial charge is 0.438 e. The van der Waals surface area contributed by atoms with Gasteiger partial charge < -0.3 is 4.42 Å². The van der Waals surface area contributed by atoms with E-state index in [1.165, 1.54) is 16.7 Å². The summed E-state index contributed by atoms with van der Waals surface area (Å²) in [6.45, 7) is 19.0. The summed E-state index contributed by atoms with van der Waals surface area (Å²) < 4.78 is 6.31. The van der Waals surface area contributed by atoms with Gasteiger partial charge in [-0.15, -0.1) is 6.58 Å². The van der Waals surface area contributed by atoms with Gasteiger partial charge in [-0.3, -0.25) is 9.98 Å². The van der Waals surface area contributed by atoms with E-state index in [0.29, 0.717) is 17.5 Å². The molecule has 5 rings (SSSR count). The lowest BCUT2D eigenvalue weighted by molar-refractivity contribution is 0.472. The van der Waals surface area contributed by atoms with Gasteiger partial charge in [-0.2, -0.15) is 0 Å². The number of hydrogen-bond donors (Lipinski definition) is 0. The molecule has 1 aliphatic heterocycles. The second-order valence-corrected chi connectivity index (χ2v) is 10.9. The van der Waals surface area contributed by atoms with Gasteiger partial charge in [0.15, 0.2) is 0 Å². The Balaban J connectivity index is 1.57. The average Bonchev–Trinajstić information content (AvgIpc) is 3.35. The molecule has 204 valence electrons. The molecule has 4 aromatic rings. The molecule has 4 heteroatoms. The van der Waals surface area contributed by atoms with Gasteiger partial charge in [0.1, 0.15) is 5.58 Å². The second-order valence-electron chi connectivity index (χ2n) is 10.9. The monoisotopic (exact) mass is 529 g/mol. The first-order valence-electron chi connectivity index (χ1n) is 14.3. The molecule has 0 saturated carbocycles. The van der Waals surface area contributed by atoms with Crippen LogP contribution in [0.3, 0.4) is 0 Å². The Hall–Kier alpha value is -4.05. The van der Waals surface area contributed by atoms with Gasteiger partial charge in [-0.1, -0.05) is 70.7 Å². The number of benzene rings is 2. The van der Waals surface area contributed by atoms with Crippen LogP contribution in [0.4, 0.5) is 0 Å². The van der Waals surface area contributed by atoms with Crippen molar-refractivity contribution in [1.29, 1.82) is 0 Å². The minimum atomic E-state index is -0.00452. The minimum Gasteiger partial charge on any atom is -0.438 e. The van der Waals surface area contributed by atoms with E-state index in [1.54, 1.807) is 0 Å². The molecule has 4 nitrogen and oxygen atoms in total. The highest BCUT2D eigenvalue weighted by atomic mass is 16.3. The normalized spacial score (nSPS) is 18.7. The van der Waals surface area contributed by atoms with E-state index in [9.17, 15) is 0 Å². The summed E-state index contributed by atoms with van der Waals surface area (Å²) in [6, 6.07) is 15.2. The van der Waals surface area contributed by atoms with E-state index in [1.807, 2.05) is 31.5 Å². The van der Waals surface area contributed by atoms with Crippen molar-refractivity contribution >= 4 is 33.5 Å². The molecule has 0 saturated heterocycles. The van der Waals surface area contributed by atoms with Gasteiger partial charge in [0.25, 0.3) is 0 Å². The Morgan fingerprint density at radius 2 is 1.90 bits per heavy atom. The van der Waals surface area contributed by atoms with Gasteiger partial charge in [-0.25, -0.2) is 4.98 Å². The van der Waals surface area contributed by atoms with Crippen LogP contribution in [0.5, 0.6) is 0 Å². The molecule has 2 aromatic carbocycles. The number of aromatic nitrogens is 1. The summed E-state index contributed by atoms with van der Waals surface area (Å²) in [5.74, 6) is 1.22. The van der Waals surface area contributed by atoms with Gasteiger partial charge in [0.2, 0.25) is 5.71 Å². The minimum absolute atomic E-state index is 0.00452. The second kappa shape index (κ2) is 11.6. The molecule has 0 amide bonds. The SMILES string of the molecule is C=CC(=NC)c1cc2c(cc1CCC1c3ccccc3C(C=C)=NC1C=C)oc1ncc([C@@H](C)C(C)CC)cc12. The van der Waals surface area contributed by atoms with Crippen molar-refractivity contribution < 1.29 is 4.42 Å². The molecule has 40 heavy (non-hydrogen) atoms. The smallest absolute Gasteiger partial charge is 0.227 e. The van der Waals surface area contributed by atoms with E-state index < -0.39 is 0 Å². The third-order valence-corrected chi connectivity index (χ3v) is 8.80. The number of pyridine rings is 1. The summed E-state index contributed by atoms with van der Waals surface area (Å²) in [5, 5.41) is 2.11. The molecule has 0 spiro atoms. The quantitative estimate of drug-likeness (QED) is 0.152. The number of rotatable bonds is 10. The molecule has 3 unspecified atom stereocenters. The lowest BCUT2D eigenvalue weighted by Crippen LogP contribution is -2.24. The summed E-state index contributed by atoms with van der Waals surface area (Å²) >= 11 is 0. The third-order valence-electron chi connectivity index (χ3n) is 8.80. The molecule has 0 N–H and O–H groups in total. The lowest BCUT2D eigenvalue weighted by Gasteiger charge is -2.30. The molecular formula is C36H39N3O. The van der Waals surface area contributed by atoms with Crippen LogP contribution in [0.2, 0.25) is 0 Å². The maximum Gasteiger partial charge on any atom is 0.227 e. The Kier molecular flexibility index (Phi) is 7.97. The van der Waals surface area contributed by atoms with Gasteiger partial charge in [-0.05, 0) is 71.7 Å². The van der Waals surface area contributed by atoms with Crippen molar-refractivity contribution in [3.63, 3.8) is 0 Å². The number of nitrogens with zero attached hydrogens (tertiary/aromatic N) is 3. The van der Waals surface area contributed by atoms with E-state index in [0.717, 1.165) is 58.2 Å². The number of aryl methyl sites for hydroxylation is 1. The van der Waals surface area contributed by atoms with Crippen molar-refractivity contribution in [2.45, 2.75) is 57.9 Å². The molecule has 1 aliphatic rings. The predicted molar refractivity (Wildman–Crippen MR) is 170 cm³/mol. The van der Waals surface area contributed by atoms with Crippen LogP contribution in [0, 0.1) is 5.92 Å². The van der Waals surface area contributed by atoms with Gasteiger partial charge >= 0.3 is 0 Å². The van der Waals surface area contributed by atoms with E-state index >= 15 is 0 Å². The Labute approximate surface area is 238 Å². The molecule has 0 bridgehead atoms. The van der Waals surface area contributed by atoms with Gasteiger partial charge in [0, 0.05) is 41.1 Å². The first-order valence-corrected chi connectivity index (χ1v) is 14.3. The van der Waals surface area contributed by atoms with Gasteiger partial charge in [0.05, 0.1) is 17.5 Å². The van der Waals surface area contributed by atoms with Crippen molar-refractivity contribution in [2.24, 2.45) is 15.9 Å². The van der Waals surface area contributed by atoms with Crippen LogP contribution in [0.1, 0.15) is 73.3 Å². The predicted octanol–water partition coefficient (Wildman–Crippen LogP) is 9.00. The zero-order valence-electron chi connectivity index (χ0n) is 24.2. The topological polar surface area (TPSA) is 50.8 Å². The molecule has 0 fully saturated rings. The number of hydrogen-bond acceptors (Lipinski definition) is 4. The average molecular weight is 530 g/mol. The van der Waals surface area contributed by atoms with Crippen molar-refractivity contribution in [3.8, 4) is 0 Å². The molecule has 0 aliphatic carbocycles. The van der Waals surface area contributed by atoms with Crippen molar-refractivity contribution in [2.75, 3.05) is 7.05 Å². The highest BCUT2D eigenvalue weighted by Gasteiger charge is 2.28. The fourth-order valence-electron chi connectivity index (χ4n) is 6.04. The number of fused-ring (bicyclic) bond motifs is 4. The standard InChI is InChI=1S/C36H39N3O/c1-8-22(5)23(6)25-18-31-30-20-29(32(9-2)37-7)24(19-35(30)40-36(31)38-21-25)16-17-28-26-14-12-13-15-27(26)33(10-3)39-34(28)11-4/h9-15,18-23,28,34H,2-4,8,16-17H2,1,5-7H3/t22?,23-,28?,34?/m0/s1. The van der Waals surface area contributed by atoms with Crippen LogP contribution in [-0.4, -0.2) is 29.5 Å². The third kappa shape index (κ3) is 4.88. The summed E-state index contributed by atoms with van der Waals surface area (Å²) in [7, 11) is 1.82. The Morgan fingerprint density at radius 3 is 2.60 bits per heavy atom. The van der Waals surface area contributed by atoms with Crippen LogP contribution in [-0.2, 0) is 6.42 Å². The van der Waals surface area contributed by atoms with Crippen molar-refractivity contribution in [1.82, 2.24) is 4.98 Å². The zero-order chi connectivity index (χ0) is 28.4.